The Labute approximate surface area is 119 Å². The Bertz CT molecular complexity index is 557. The maximum Gasteiger partial charge on any atom is 0.253 e. The van der Waals surface area contributed by atoms with E-state index >= 15 is 0 Å². The molecular weight excluding hydrogens is 254 g/mol. The van der Waals surface area contributed by atoms with Crippen molar-refractivity contribution < 1.29 is 14.6 Å². The van der Waals surface area contributed by atoms with Crippen LogP contribution in [0.2, 0.25) is 0 Å². The normalized spacial score (nSPS) is 21.1. The number of ether oxygens (including phenoxy) is 1. The van der Waals surface area contributed by atoms with Crippen LogP contribution in [0.3, 0.4) is 0 Å². The van der Waals surface area contributed by atoms with E-state index in [1.807, 2.05) is 32.0 Å². The van der Waals surface area contributed by atoms with Gasteiger partial charge < -0.3 is 15.2 Å². The highest BCUT2D eigenvalue weighted by atomic mass is 16.5. The molecule has 0 bridgehead atoms. The monoisotopic (exact) mass is 273 g/mol. The first kappa shape index (κ1) is 14.6. The number of nitrogens with one attached hydrogen (secondary N) is 1. The predicted octanol–water partition coefficient (Wildman–Crippen LogP) is 1.84. The highest BCUT2D eigenvalue weighted by Gasteiger charge is 2.28. The third-order valence-electron chi connectivity index (χ3n) is 3.26. The molecule has 0 radical (unpaired) electrons. The van der Waals surface area contributed by atoms with E-state index in [-0.39, 0.29) is 24.7 Å². The van der Waals surface area contributed by atoms with Crippen molar-refractivity contribution in [2.24, 2.45) is 0 Å². The summed E-state index contributed by atoms with van der Waals surface area (Å²) in [4.78, 5) is 12.1. The lowest BCUT2D eigenvalue weighted by molar-refractivity contribution is -0.126. The number of hydrogen-bond acceptors (Lipinski definition) is 3. The van der Waals surface area contributed by atoms with Gasteiger partial charge >= 0.3 is 0 Å². The molecule has 2 atom stereocenters. The number of aryl methyl sites for hydroxylation is 1. The molecule has 1 heterocycles. The smallest absolute Gasteiger partial charge is 0.253 e. The Kier molecular flexibility index (Phi) is 4.78. The minimum Gasteiger partial charge on any atom is -0.384 e. The van der Waals surface area contributed by atoms with E-state index in [0.29, 0.717) is 11.3 Å². The fourth-order valence-electron chi connectivity index (χ4n) is 2.21. The van der Waals surface area contributed by atoms with E-state index in [0.717, 1.165) is 18.4 Å². The Morgan fingerprint density at radius 2 is 2.30 bits per heavy atom. The summed E-state index contributed by atoms with van der Waals surface area (Å²) in [5, 5.41) is 11.7. The molecule has 2 rings (SSSR count). The average molecular weight is 273 g/mol. The van der Waals surface area contributed by atoms with Crippen molar-refractivity contribution in [3.63, 3.8) is 0 Å². The molecule has 2 unspecified atom stereocenters. The lowest BCUT2D eigenvalue weighted by Gasteiger charge is -2.13. The molecule has 4 heteroatoms. The van der Waals surface area contributed by atoms with Crippen molar-refractivity contribution in [2.75, 3.05) is 11.9 Å². The molecule has 4 nitrogen and oxygen atoms in total. The minimum atomic E-state index is -0.384. The fraction of sp³-hybridized carbons (Fsp3) is 0.438. The molecule has 0 aliphatic carbocycles. The third kappa shape index (κ3) is 3.60. The summed E-state index contributed by atoms with van der Waals surface area (Å²) in [6, 6.07) is 5.63. The van der Waals surface area contributed by atoms with Gasteiger partial charge in [0.25, 0.3) is 5.91 Å². The summed E-state index contributed by atoms with van der Waals surface area (Å²) >= 11 is 0. The molecule has 1 aliphatic rings. The summed E-state index contributed by atoms with van der Waals surface area (Å²) in [6.07, 6.45) is 1.40. The molecule has 0 spiro atoms. The van der Waals surface area contributed by atoms with Crippen LogP contribution in [0.15, 0.2) is 18.2 Å². The van der Waals surface area contributed by atoms with Gasteiger partial charge in [0, 0.05) is 5.56 Å². The Balaban J connectivity index is 2.14. The molecule has 20 heavy (non-hydrogen) atoms. The van der Waals surface area contributed by atoms with Gasteiger partial charge in [-0.15, -0.1) is 0 Å². The first-order valence-corrected chi connectivity index (χ1v) is 6.77. The van der Waals surface area contributed by atoms with Crippen LogP contribution in [-0.2, 0) is 9.53 Å². The molecule has 1 saturated heterocycles. The van der Waals surface area contributed by atoms with E-state index in [4.69, 9.17) is 9.84 Å². The highest BCUT2D eigenvalue weighted by molar-refractivity contribution is 5.95. The van der Waals surface area contributed by atoms with Gasteiger partial charge in [0.15, 0.2) is 0 Å². The van der Waals surface area contributed by atoms with E-state index in [9.17, 15) is 4.79 Å². The second-order valence-corrected chi connectivity index (χ2v) is 5.01. The van der Waals surface area contributed by atoms with Crippen LogP contribution in [0.5, 0.6) is 0 Å². The summed E-state index contributed by atoms with van der Waals surface area (Å²) in [6.45, 7) is 3.72. The number of rotatable bonds is 2. The zero-order chi connectivity index (χ0) is 14.5. The molecule has 1 aromatic rings. The molecule has 0 aromatic heterocycles. The number of amides is 1. The van der Waals surface area contributed by atoms with Gasteiger partial charge in [-0.05, 0) is 44.4 Å². The largest absolute Gasteiger partial charge is 0.384 e. The molecular formula is C16H19NO3. The van der Waals surface area contributed by atoms with Crippen molar-refractivity contribution >= 4 is 11.6 Å². The first-order valence-electron chi connectivity index (χ1n) is 6.77. The van der Waals surface area contributed by atoms with Gasteiger partial charge in [-0.3, -0.25) is 4.79 Å². The zero-order valence-corrected chi connectivity index (χ0v) is 11.8. The lowest BCUT2D eigenvalue weighted by Crippen LogP contribution is -2.28. The Morgan fingerprint density at radius 3 is 2.95 bits per heavy atom. The second-order valence-electron chi connectivity index (χ2n) is 5.01. The van der Waals surface area contributed by atoms with Crippen molar-refractivity contribution in [1.29, 1.82) is 0 Å². The van der Waals surface area contributed by atoms with Gasteiger partial charge in [0.2, 0.25) is 0 Å². The van der Waals surface area contributed by atoms with Crippen LogP contribution in [0.1, 0.15) is 30.9 Å². The number of aliphatic hydroxyl groups excluding tert-OH is 1. The second kappa shape index (κ2) is 6.56. The van der Waals surface area contributed by atoms with Crippen LogP contribution < -0.4 is 5.32 Å². The summed E-state index contributed by atoms with van der Waals surface area (Å²) in [5.74, 6) is 5.32. The molecule has 1 fully saturated rings. The number of hydrogen-bond donors (Lipinski definition) is 2. The van der Waals surface area contributed by atoms with Crippen molar-refractivity contribution in [3.05, 3.63) is 29.3 Å². The number of carbonyl (C=O) groups excluding carboxylic acids is 1. The van der Waals surface area contributed by atoms with Crippen LogP contribution in [0.4, 0.5) is 5.69 Å². The van der Waals surface area contributed by atoms with Gasteiger partial charge in [0.1, 0.15) is 12.7 Å². The lowest BCUT2D eigenvalue weighted by atomic mass is 10.1. The van der Waals surface area contributed by atoms with Crippen molar-refractivity contribution in [1.82, 2.24) is 0 Å². The maximum atomic E-state index is 12.1. The topological polar surface area (TPSA) is 58.6 Å². The molecule has 1 aliphatic heterocycles. The van der Waals surface area contributed by atoms with Crippen LogP contribution in [0.25, 0.3) is 0 Å². The summed E-state index contributed by atoms with van der Waals surface area (Å²) < 4.78 is 5.55. The standard InChI is InChI=1S/C16H19NO3/c1-11-5-7-14(13(10-11)4-3-9-18)17-16(19)15-8-6-12(2)20-15/h5,7,10,12,15,18H,6,8-9H2,1-2H3,(H,17,19). The first-order chi connectivity index (χ1) is 9.60. The summed E-state index contributed by atoms with van der Waals surface area (Å²) in [7, 11) is 0. The van der Waals surface area contributed by atoms with Crippen LogP contribution in [-0.4, -0.2) is 29.8 Å². The molecule has 106 valence electrons. The molecule has 2 N–H and O–H groups in total. The maximum absolute atomic E-state index is 12.1. The zero-order valence-electron chi connectivity index (χ0n) is 11.8. The Hall–Kier alpha value is -1.83. The number of anilines is 1. The summed E-state index contributed by atoms with van der Waals surface area (Å²) in [5.41, 5.74) is 2.42. The van der Waals surface area contributed by atoms with Crippen molar-refractivity contribution in [2.45, 2.75) is 38.9 Å². The number of carbonyl (C=O) groups is 1. The van der Waals surface area contributed by atoms with E-state index < -0.39 is 0 Å². The van der Waals surface area contributed by atoms with E-state index in [2.05, 4.69) is 17.2 Å². The van der Waals surface area contributed by atoms with Gasteiger partial charge in [-0.25, -0.2) is 0 Å². The highest BCUT2D eigenvalue weighted by Crippen LogP contribution is 2.22. The van der Waals surface area contributed by atoms with E-state index in [1.54, 1.807) is 0 Å². The van der Waals surface area contributed by atoms with E-state index in [1.165, 1.54) is 0 Å². The SMILES string of the molecule is Cc1ccc(NC(=O)C2CCC(C)O2)c(C#CCO)c1. The van der Waals surface area contributed by atoms with Gasteiger partial charge in [-0.2, -0.15) is 0 Å². The average Bonchev–Trinajstić information content (AvgIpc) is 2.85. The molecule has 1 amide bonds. The quantitative estimate of drug-likeness (QED) is 0.808. The number of aliphatic hydroxyl groups is 1. The van der Waals surface area contributed by atoms with Crippen LogP contribution in [0, 0.1) is 18.8 Å². The molecule has 0 saturated carbocycles. The molecule has 1 aromatic carbocycles. The van der Waals surface area contributed by atoms with Gasteiger partial charge in [-0.1, -0.05) is 17.9 Å². The van der Waals surface area contributed by atoms with Crippen LogP contribution >= 0.6 is 0 Å². The predicted molar refractivity (Wildman–Crippen MR) is 77.3 cm³/mol. The third-order valence-corrected chi connectivity index (χ3v) is 3.26. The van der Waals surface area contributed by atoms with Gasteiger partial charge in [0.05, 0.1) is 11.8 Å². The number of benzene rings is 1. The van der Waals surface area contributed by atoms with Crippen molar-refractivity contribution in [3.8, 4) is 11.8 Å². The fourth-order valence-corrected chi connectivity index (χ4v) is 2.21. The minimum absolute atomic E-state index is 0.134. The Morgan fingerprint density at radius 1 is 1.50 bits per heavy atom.